The third kappa shape index (κ3) is 1.35. The molecule has 13 heavy (non-hydrogen) atoms. The van der Waals surface area contributed by atoms with Crippen LogP contribution in [0.25, 0.3) is 0 Å². The van der Waals surface area contributed by atoms with Crippen LogP contribution in [-0.4, -0.2) is 24.0 Å². The van der Waals surface area contributed by atoms with Gasteiger partial charge in [0.1, 0.15) is 6.61 Å². The van der Waals surface area contributed by atoms with Crippen LogP contribution in [0.15, 0.2) is 5.16 Å². The lowest BCUT2D eigenvalue weighted by molar-refractivity contribution is 0.0879. The summed E-state index contributed by atoms with van der Waals surface area (Å²) in [6.45, 7) is 3.23. The second-order valence-corrected chi connectivity index (χ2v) is 4.24. The lowest BCUT2D eigenvalue weighted by Gasteiger charge is -2.35. The molecule has 1 unspecified atom stereocenters. The van der Waals surface area contributed by atoms with Gasteiger partial charge < -0.3 is 9.94 Å². The summed E-state index contributed by atoms with van der Waals surface area (Å²) in [7, 11) is 0. The Kier molecular flexibility index (Phi) is 2.28. The number of aliphatic hydroxyl groups is 1. The van der Waals surface area contributed by atoms with E-state index < -0.39 is 0 Å². The smallest absolute Gasteiger partial charge is 0.128 e. The molecular formula is C10H17NO2. The summed E-state index contributed by atoms with van der Waals surface area (Å²) in [4.78, 5) is 5.18. The molecule has 0 aromatic rings. The largest absolute Gasteiger partial charge is 0.396 e. The molecule has 0 aromatic heterocycles. The van der Waals surface area contributed by atoms with Crippen LogP contribution < -0.4 is 0 Å². The van der Waals surface area contributed by atoms with Crippen molar-refractivity contribution in [2.75, 3.05) is 13.2 Å². The Hall–Kier alpha value is -0.570. The molecule has 3 heteroatoms. The average Bonchev–Trinajstić information content (AvgIpc) is 2.60. The number of hydrogen-bond donors (Lipinski definition) is 1. The molecule has 1 heterocycles. The van der Waals surface area contributed by atoms with E-state index in [0.29, 0.717) is 12.5 Å². The van der Waals surface area contributed by atoms with Crippen molar-refractivity contribution < 1.29 is 9.94 Å². The Morgan fingerprint density at radius 2 is 2.54 bits per heavy atom. The number of oxime groups is 1. The van der Waals surface area contributed by atoms with E-state index in [1.807, 2.05) is 0 Å². The van der Waals surface area contributed by atoms with Gasteiger partial charge in [0.2, 0.25) is 0 Å². The molecule has 1 N–H and O–H groups in total. The predicted octanol–water partition coefficient (Wildman–Crippen LogP) is 1.56. The van der Waals surface area contributed by atoms with E-state index in [2.05, 4.69) is 12.1 Å². The van der Waals surface area contributed by atoms with Crippen molar-refractivity contribution >= 4 is 5.71 Å². The van der Waals surface area contributed by atoms with Crippen LogP contribution in [0.4, 0.5) is 0 Å². The highest BCUT2D eigenvalue weighted by Gasteiger charge is 2.44. The third-order valence-electron chi connectivity index (χ3n) is 3.53. The zero-order chi connectivity index (χ0) is 9.31. The normalized spacial score (nSPS) is 38.0. The average molecular weight is 183 g/mol. The van der Waals surface area contributed by atoms with Crippen LogP contribution in [0.1, 0.15) is 32.6 Å². The highest BCUT2D eigenvalue weighted by molar-refractivity contribution is 5.91. The van der Waals surface area contributed by atoms with Gasteiger partial charge in [0.05, 0.1) is 5.71 Å². The van der Waals surface area contributed by atoms with Crippen molar-refractivity contribution in [2.24, 2.45) is 16.5 Å². The number of hydrogen-bond acceptors (Lipinski definition) is 3. The SMILES string of the molecule is CC[C@]12CON=C1CCC(CO)C2. The first-order valence-corrected chi connectivity index (χ1v) is 5.11. The molecule has 74 valence electrons. The number of nitrogens with zero attached hydrogens (tertiary/aromatic N) is 1. The van der Waals surface area contributed by atoms with Gasteiger partial charge in [-0.05, 0) is 31.6 Å². The van der Waals surface area contributed by atoms with Crippen molar-refractivity contribution in [2.45, 2.75) is 32.6 Å². The van der Waals surface area contributed by atoms with Gasteiger partial charge in [-0.2, -0.15) is 0 Å². The maximum atomic E-state index is 9.14. The Morgan fingerprint density at radius 1 is 1.69 bits per heavy atom. The second-order valence-electron chi connectivity index (χ2n) is 4.24. The number of rotatable bonds is 2. The Balaban J connectivity index is 2.15. The van der Waals surface area contributed by atoms with Crippen molar-refractivity contribution in [3.8, 4) is 0 Å². The van der Waals surface area contributed by atoms with E-state index in [-0.39, 0.29) is 5.41 Å². The molecule has 3 nitrogen and oxygen atoms in total. The summed E-state index contributed by atoms with van der Waals surface area (Å²) in [5.74, 6) is 0.459. The van der Waals surface area contributed by atoms with Gasteiger partial charge in [0.15, 0.2) is 0 Å². The monoisotopic (exact) mass is 183 g/mol. The van der Waals surface area contributed by atoms with Gasteiger partial charge in [-0.25, -0.2) is 0 Å². The summed E-state index contributed by atoms with van der Waals surface area (Å²) in [5.41, 5.74) is 1.41. The van der Waals surface area contributed by atoms with Crippen molar-refractivity contribution in [3.05, 3.63) is 0 Å². The molecule has 0 bridgehead atoms. The molecule has 0 radical (unpaired) electrons. The topological polar surface area (TPSA) is 41.8 Å². The first kappa shape index (κ1) is 9.00. The van der Waals surface area contributed by atoms with Gasteiger partial charge in [-0.1, -0.05) is 12.1 Å². The van der Waals surface area contributed by atoms with Gasteiger partial charge >= 0.3 is 0 Å². The van der Waals surface area contributed by atoms with E-state index in [9.17, 15) is 0 Å². The maximum Gasteiger partial charge on any atom is 0.128 e. The lowest BCUT2D eigenvalue weighted by Crippen LogP contribution is -2.38. The van der Waals surface area contributed by atoms with Crippen LogP contribution in [0.5, 0.6) is 0 Å². The standard InChI is InChI=1S/C10H17NO2/c1-2-10-5-8(6-12)3-4-9(10)11-13-7-10/h8,12H,2-7H2,1H3/t8?,10-/m0/s1. The molecule has 0 saturated heterocycles. The number of aliphatic hydroxyl groups excluding tert-OH is 1. The molecule has 1 aliphatic carbocycles. The molecule has 0 spiro atoms. The summed E-state index contributed by atoms with van der Waals surface area (Å²) >= 11 is 0. The zero-order valence-electron chi connectivity index (χ0n) is 8.12. The molecule has 1 saturated carbocycles. The van der Waals surface area contributed by atoms with Crippen LogP contribution in [0.3, 0.4) is 0 Å². The van der Waals surface area contributed by atoms with Crippen LogP contribution in [0, 0.1) is 11.3 Å². The van der Waals surface area contributed by atoms with Gasteiger partial charge in [0, 0.05) is 12.0 Å². The van der Waals surface area contributed by atoms with Gasteiger partial charge in [-0.3, -0.25) is 0 Å². The molecular weight excluding hydrogens is 166 g/mol. The minimum absolute atomic E-state index is 0.172. The summed E-state index contributed by atoms with van der Waals surface area (Å²) < 4.78 is 0. The minimum atomic E-state index is 0.172. The molecule has 0 amide bonds. The van der Waals surface area contributed by atoms with E-state index in [0.717, 1.165) is 32.3 Å². The van der Waals surface area contributed by atoms with Crippen molar-refractivity contribution in [1.82, 2.24) is 0 Å². The third-order valence-corrected chi connectivity index (χ3v) is 3.53. The highest BCUT2D eigenvalue weighted by Crippen LogP contribution is 2.43. The summed E-state index contributed by atoms with van der Waals surface area (Å²) in [5, 5.41) is 13.2. The van der Waals surface area contributed by atoms with Crippen LogP contribution in [0.2, 0.25) is 0 Å². The van der Waals surface area contributed by atoms with Crippen LogP contribution >= 0.6 is 0 Å². The molecule has 0 aromatic carbocycles. The number of fused-ring (bicyclic) bond motifs is 1. The molecule has 2 rings (SSSR count). The van der Waals surface area contributed by atoms with Crippen molar-refractivity contribution in [3.63, 3.8) is 0 Å². The summed E-state index contributed by atoms with van der Waals surface area (Å²) in [6.07, 6.45) is 4.22. The lowest BCUT2D eigenvalue weighted by atomic mass is 9.68. The quantitative estimate of drug-likeness (QED) is 0.706. The maximum absolute atomic E-state index is 9.14. The zero-order valence-corrected chi connectivity index (χ0v) is 8.12. The molecule has 2 atom stereocenters. The fourth-order valence-corrected chi connectivity index (χ4v) is 2.50. The first-order chi connectivity index (χ1) is 6.30. The predicted molar refractivity (Wildman–Crippen MR) is 50.5 cm³/mol. The molecule has 1 aliphatic heterocycles. The van der Waals surface area contributed by atoms with Crippen molar-refractivity contribution in [1.29, 1.82) is 0 Å². The van der Waals surface area contributed by atoms with Gasteiger partial charge in [0.25, 0.3) is 0 Å². The Bertz CT molecular complexity index is 227. The van der Waals surface area contributed by atoms with E-state index in [4.69, 9.17) is 9.94 Å². The highest BCUT2D eigenvalue weighted by atomic mass is 16.6. The van der Waals surface area contributed by atoms with Crippen LogP contribution in [-0.2, 0) is 4.84 Å². The molecule has 2 aliphatic rings. The molecule has 1 fully saturated rings. The second kappa shape index (κ2) is 3.29. The minimum Gasteiger partial charge on any atom is -0.396 e. The Morgan fingerprint density at radius 3 is 3.23 bits per heavy atom. The van der Waals surface area contributed by atoms with E-state index in [1.54, 1.807) is 0 Å². The van der Waals surface area contributed by atoms with E-state index in [1.165, 1.54) is 5.71 Å². The van der Waals surface area contributed by atoms with Gasteiger partial charge in [-0.15, -0.1) is 0 Å². The summed E-state index contributed by atoms with van der Waals surface area (Å²) in [6, 6.07) is 0. The Labute approximate surface area is 78.8 Å². The fraction of sp³-hybridized carbons (Fsp3) is 0.900. The first-order valence-electron chi connectivity index (χ1n) is 5.11. The van der Waals surface area contributed by atoms with E-state index >= 15 is 0 Å². The fourth-order valence-electron chi connectivity index (χ4n) is 2.50.